The van der Waals surface area contributed by atoms with E-state index < -0.39 is 11.9 Å². The van der Waals surface area contributed by atoms with Gasteiger partial charge < -0.3 is 19.8 Å². The molecule has 2 atom stereocenters. The van der Waals surface area contributed by atoms with Gasteiger partial charge in [-0.2, -0.15) is 25.3 Å². The molecule has 7 heteroatoms. The molecule has 2 unspecified atom stereocenters. The van der Waals surface area contributed by atoms with E-state index in [2.05, 4.69) is 39.1 Å². The van der Waals surface area contributed by atoms with Gasteiger partial charge in [0.1, 0.15) is 0 Å². The monoisotopic (exact) mass is 860 g/mol. The minimum Gasteiger partial charge on any atom is -0.550 e. The summed E-state index contributed by atoms with van der Waals surface area (Å²) in [6.07, 6.45) is 43.0. The number of unbranched alkanes of at least 4 members (excludes halogenated alkanes) is 16. The largest absolute Gasteiger partial charge is 0.550 e. The van der Waals surface area contributed by atoms with Gasteiger partial charge in [-0.05, 0) is 61.9 Å². The maximum Gasteiger partial charge on any atom is 0.0445 e. The van der Waals surface area contributed by atoms with Gasteiger partial charge in [0.05, 0.1) is 0 Å². The first-order chi connectivity index (χ1) is 24.9. The standard InChI is InChI=1S/2C16H32O2S.2C6H11.Sn/c2*1-2-3-12-15(16(17)18)13-10-8-6-4-5-7-9-11-14-19;2*1-2-4-6-5-3-1;/h2*15,19H,2-14H2,1H3,(H,17,18);2*1H,2-6H2;/q;;;;+2/p-2. The zero-order valence-electron chi connectivity index (χ0n) is 33.8. The zero-order chi connectivity index (χ0) is 37.6. The van der Waals surface area contributed by atoms with Crippen LogP contribution in [0.2, 0.25) is 7.87 Å². The third kappa shape index (κ3) is 34.7. The van der Waals surface area contributed by atoms with Crippen LogP contribution < -0.4 is 10.2 Å². The minimum atomic E-state index is -0.847. The van der Waals surface area contributed by atoms with Gasteiger partial charge in [0.25, 0.3) is 0 Å². The Morgan fingerprint density at radius 1 is 0.471 bits per heavy atom. The van der Waals surface area contributed by atoms with Crippen molar-refractivity contribution in [2.45, 2.75) is 240 Å². The molecular formula is C44H84O4S2Sn. The first-order valence-corrected chi connectivity index (χ1v) is 26.8. The van der Waals surface area contributed by atoms with Crippen molar-refractivity contribution >= 4 is 58.3 Å². The minimum absolute atomic E-state index is 0.0367. The molecule has 2 fully saturated rings. The molecule has 0 radical (unpaired) electrons. The number of aliphatic carboxylic acids is 2. The summed E-state index contributed by atoms with van der Waals surface area (Å²) in [5, 5.41) is 21.9. The summed E-state index contributed by atoms with van der Waals surface area (Å²) in [6.45, 7) is 4.19. The van der Waals surface area contributed by atoms with Crippen LogP contribution in [0.1, 0.15) is 232 Å². The molecule has 0 N–H and O–H groups in total. The van der Waals surface area contributed by atoms with Gasteiger partial charge in [0, 0.05) is 11.9 Å². The summed E-state index contributed by atoms with van der Waals surface area (Å²) >= 11 is 8.43. The van der Waals surface area contributed by atoms with Crippen molar-refractivity contribution in [2.24, 2.45) is 11.8 Å². The van der Waals surface area contributed by atoms with E-state index in [9.17, 15) is 19.8 Å². The molecule has 300 valence electrons. The first-order valence-electron chi connectivity index (χ1n) is 22.3. The summed E-state index contributed by atoms with van der Waals surface area (Å²) in [5.74, 6) is -0.115. The molecule has 0 aromatic heterocycles. The number of carboxylic acids is 2. The molecule has 2 rings (SSSR count). The summed E-state index contributed by atoms with van der Waals surface area (Å²) < 4.78 is 2.58. The molecule has 2 aliphatic carbocycles. The Morgan fingerprint density at radius 2 is 0.745 bits per heavy atom. The third-order valence-electron chi connectivity index (χ3n) is 11.1. The number of carbonyl (C=O) groups excluding carboxylic acids is 2. The second-order valence-corrected chi connectivity index (χ2v) is 22.3. The molecule has 0 heterocycles. The predicted octanol–water partition coefficient (Wildman–Crippen LogP) is 12.2. The van der Waals surface area contributed by atoms with E-state index in [1.807, 2.05) is 0 Å². The number of thiol groups is 2. The van der Waals surface area contributed by atoms with Gasteiger partial charge in [0.2, 0.25) is 0 Å². The van der Waals surface area contributed by atoms with Gasteiger partial charge in [-0.1, -0.05) is 129 Å². The molecule has 2 saturated carbocycles. The van der Waals surface area contributed by atoms with Gasteiger partial charge in [-0.3, -0.25) is 0 Å². The molecule has 0 bridgehead atoms. The van der Waals surface area contributed by atoms with Crippen molar-refractivity contribution < 1.29 is 19.8 Å². The molecule has 0 aromatic carbocycles. The van der Waals surface area contributed by atoms with Crippen LogP contribution in [0.4, 0.5) is 0 Å². The van der Waals surface area contributed by atoms with Crippen LogP contribution in [0.15, 0.2) is 0 Å². The number of hydrogen-bond donors (Lipinski definition) is 2. The van der Waals surface area contributed by atoms with Crippen LogP contribution in [0.3, 0.4) is 0 Å². The van der Waals surface area contributed by atoms with Crippen LogP contribution in [0.25, 0.3) is 0 Å². The molecular weight excluding hydrogens is 775 g/mol. The number of carboxylic acid groups (broad SMARTS) is 2. The van der Waals surface area contributed by atoms with Crippen molar-refractivity contribution in [3.8, 4) is 0 Å². The maximum atomic E-state index is 11.0. The number of rotatable bonds is 30. The maximum absolute atomic E-state index is 11.0. The second-order valence-electron chi connectivity index (χ2n) is 15.8. The molecule has 0 amide bonds. The second kappa shape index (κ2) is 40.1. The summed E-state index contributed by atoms with van der Waals surface area (Å²) in [7, 11) is 0. The molecule has 0 spiro atoms. The van der Waals surface area contributed by atoms with Crippen molar-refractivity contribution in [3.63, 3.8) is 0 Å². The van der Waals surface area contributed by atoms with E-state index in [1.54, 1.807) is 64.2 Å². The third-order valence-corrected chi connectivity index (χ3v) is 17.7. The summed E-state index contributed by atoms with van der Waals surface area (Å²) in [4.78, 5) is 21.9. The van der Waals surface area contributed by atoms with E-state index in [4.69, 9.17) is 0 Å². The molecule has 0 saturated heterocycles. The number of hydrogen-bond acceptors (Lipinski definition) is 6. The smallest absolute Gasteiger partial charge is 0.0445 e. The van der Waals surface area contributed by atoms with E-state index in [-0.39, 0.29) is 33.0 Å². The van der Waals surface area contributed by atoms with Gasteiger partial charge in [-0.25, -0.2) is 0 Å². The topological polar surface area (TPSA) is 80.3 Å². The SMILES string of the molecule is C1CC[CH]([Sn+2][CH]2CCCCC2)CC1.CCCCC(CCCCCCCCCCS)C(=O)[O-].CCCCC(CCCCCCCCCCS)C(=O)[O-]. The van der Waals surface area contributed by atoms with Crippen LogP contribution in [-0.4, -0.2) is 44.6 Å². The fourth-order valence-electron chi connectivity index (χ4n) is 7.66. The summed E-state index contributed by atoms with van der Waals surface area (Å²) in [6, 6.07) is 0. The zero-order valence-corrected chi connectivity index (χ0v) is 38.4. The summed E-state index contributed by atoms with van der Waals surface area (Å²) in [5.41, 5.74) is 0. The Bertz CT molecular complexity index is 683. The normalized spacial score (nSPS) is 16.2. The van der Waals surface area contributed by atoms with E-state index in [0.29, 0.717) is 0 Å². The number of carbonyl (C=O) groups is 2. The van der Waals surface area contributed by atoms with E-state index in [1.165, 1.54) is 97.8 Å². The molecule has 0 aromatic rings. The van der Waals surface area contributed by atoms with Gasteiger partial charge >= 0.3 is 93.2 Å². The van der Waals surface area contributed by atoms with E-state index in [0.717, 1.165) is 75.7 Å². The van der Waals surface area contributed by atoms with Crippen LogP contribution in [-0.2, 0) is 9.59 Å². The average Bonchev–Trinajstić information content (AvgIpc) is 3.14. The molecule has 2 aliphatic rings. The van der Waals surface area contributed by atoms with Crippen LogP contribution in [0.5, 0.6) is 0 Å². The fourth-order valence-corrected chi connectivity index (χ4v) is 14.2. The van der Waals surface area contributed by atoms with Gasteiger partial charge in [0.15, 0.2) is 0 Å². The molecule has 0 aliphatic heterocycles. The Hall–Kier alpha value is 0.439. The quantitative estimate of drug-likeness (QED) is 0.0428. The fraction of sp³-hybridized carbons (Fsp3) is 0.955. The Kier molecular flexibility index (Phi) is 40.5. The average molecular weight is 860 g/mol. The predicted molar refractivity (Wildman–Crippen MR) is 226 cm³/mol. The van der Waals surface area contributed by atoms with Crippen molar-refractivity contribution in [2.75, 3.05) is 11.5 Å². The Morgan fingerprint density at radius 3 is 1.02 bits per heavy atom. The van der Waals surface area contributed by atoms with E-state index >= 15 is 0 Å². The molecule has 4 nitrogen and oxygen atoms in total. The Balaban J connectivity index is 0.000000747. The first kappa shape index (κ1) is 51.4. The molecule has 51 heavy (non-hydrogen) atoms. The Labute approximate surface area is 339 Å². The van der Waals surface area contributed by atoms with Crippen molar-refractivity contribution in [3.05, 3.63) is 0 Å². The van der Waals surface area contributed by atoms with Crippen LogP contribution >= 0.6 is 25.3 Å². The van der Waals surface area contributed by atoms with Crippen LogP contribution in [0, 0.1) is 11.8 Å². The van der Waals surface area contributed by atoms with Gasteiger partial charge in [-0.15, -0.1) is 0 Å². The van der Waals surface area contributed by atoms with Crippen molar-refractivity contribution in [1.82, 2.24) is 0 Å². The van der Waals surface area contributed by atoms with Crippen molar-refractivity contribution in [1.29, 1.82) is 0 Å².